The third-order valence-corrected chi connectivity index (χ3v) is 2.46. The predicted molar refractivity (Wildman–Crippen MR) is 65.8 cm³/mol. The number of rotatable bonds is 5. The number of nitrogens with one attached hydrogen (secondary N) is 2. The van der Waals surface area contributed by atoms with E-state index >= 15 is 0 Å². The fourth-order valence-electron chi connectivity index (χ4n) is 1.51. The number of H-pyrrole nitrogens is 1. The van der Waals surface area contributed by atoms with E-state index in [9.17, 15) is 9.59 Å². The molecule has 18 heavy (non-hydrogen) atoms. The summed E-state index contributed by atoms with van der Waals surface area (Å²) >= 11 is 0. The molecule has 2 N–H and O–H groups in total. The first-order chi connectivity index (χ1) is 8.75. The maximum atomic E-state index is 11.7. The molecule has 5 heteroatoms. The molecule has 0 aliphatic rings. The largest absolute Gasteiger partial charge is 0.352 e. The summed E-state index contributed by atoms with van der Waals surface area (Å²) in [6.07, 6.45) is 3.18. The van der Waals surface area contributed by atoms with E-state index < -0.39 is 0 Å². The third kappa shape index (κ3) is 3.28. The van der Waals surface area contributed by atoms with Crippen LogP contribution in [0.15, 0.2) is 42.7 Å². The Balaban J connectivity index is 1.83. The zero-order valence-corrected chi connectivity index (χ0v) is 9.72. The van der Waals surface area contributed by atoms with Crippen molar-refractivity contribution in [2.45, 2.75) is 13.0 Å². The van der Waals surface area contributed by atoms with Crippen LogP contribution in [-0.4, -0.2) is 21.9 Å². The van der Waals surface area contributed by atoms with Gasteiger partial charge in [-0.15, -0.1) is 0 Å². The van der Waals surface area contributed by atoms with Crippen molar-refractivity contribution in [3.63, 3.8) is 0 Å². The van der Waals surface area contributed by atoms with Gasteiger partial charge < -0.3 is 5.32 Å². The standard InChI is InChI=1S/C13H13N3O2/c17-12(11-4-2-1-3-5-11)6-13(18)14-7-10-8-15-16-9-10/h1-5,8-9H,6-7H2,(H,14,18)(H,15,16). The van der Waals surface area contributed by atoms with Crippen LogP contribution in [0.1, 0.15) is 22.3 Å². The molecule has 0 aliphatic carbocycles. The summed E-state index contributed by atoms with van der Waals surface area (Å²) in [7, 11) is 0. The van der Waals surface area contributed by atoms with Crippen LogP contribution in [0.2, 0.25) is 0 Å². The van der Waals surface area contributed by atoms with Crippen molar-refractivity contribution in [2.24, 2.45) is 0 Å². The summed E-state index contributed by atoms with van der Waals surface area (Å²) in [4.78, 5) is 23.3. The van der Waals surface area contributed by atoms with Gasteiger partial charge in [-0.2, -0.15) is 5.10 Å². The highest BCUT2D eigenvalue weighted by Gasteiger charge is 2.11. The second-order valence-corrected chi connectivity index (χ2v) is 3.85. The number of Topliss-reactive ketones (excluding diaryl/α,β-unsaturated/α-hetero) is 1. The molecule has 0 fully saturated rings. The van der Waals surface area contributed by atoms with Crippen molar-refractivity contribution in [2.75, 3.05) is 0 Å². The molecule has 0 saturated carbocycles. The van der Waals surface area contributed by atoms with Gasteiger partial charge >= 0.3 is 0 Å². The van der Waals surface area contributed by atoms with Gasteiger partial charge in [-0.05, 0) is 0 Å². The SMILES string of the molecule is O=C(CC(=O)c1ccccc1)NCc1cn[nH]c1. The van der Waals surface area contributed by atoms with E-state index in [2.05, 4.69) is 15.5 Å². The molecule has 1 heterocycles. The average Bonchev–Trinajstić information content (AvgIpc) is 2.90. The van der Waals surface area contributed by atoms with Gasteiger partial charge in [-0.1, -0.05) is 30.3 Å². The Morgan fingerprint density at radius 2 is 2.00 bits per heavy atom. The van der Waals surface area contributed by atoms with Gasteiger partial charge in [-0.25, -0.2) is 0 Å². The Morgan fingerprint density at radius 1 is 1.22 bits per heavy atom. The smallest absolute Gasteiger partial charge is 0.228 e. The molecule has 0 spiro atoms. The maximum Gasteiger partial charge on any atom is 0.228 e. The van der Waals surface area contributed by atoms with Crippen molar-refractivity contribution < 1.29 is 9.59 Å². The molecule has 92 valence electrons. The summed E-state index contributed by atoms with van der Waals surface area (Å²) in [6, 6.07) is 8.78. The van der Waals surface area contributed by atoms with Crippen LogP contribution in [0.3, 0.4) is 0 Å². The normalized spacial score (nSPS) is 10.0. The summed E-state index contributed by atoms with van der Waals surface area (Å²) in [5.41, 5.74) is 1.42. The maximum absolute atomic E-state index is 11.7. The van der Waals surface area contributed by atoms with Crippen LogP contribution >= 0.6 is 0 Å². The number of ketones is 1. The number of hydrogen-bond donors (Lipinski definition) is 2. The second-order valence-electron chi connectivity index (χ2n) is 3.85. The zero-order valence-electron chi connectivity index (χ0n) is 9.72. The molecule has 1 aromatic carbocycles. The van der Waals surface area contributed by atoms with Crippen LogP contribution in [0.25, 0.3) is 0 Å². The number of aromatic nitrogens is 2. The van der Waals surface area contributed by atoms with Gasteiger partial charge in [-0.3, -0.25) is 14.7 Å². The molecule has 2 rings (SSSR count). The van der Waals surface area contributed by atoms with E-state index in [1.807, 2.05) is 6.07 Å². The van der Waals surface area contributed by atoms with Crippen molar-refractivity contribution in [3.8, 4) is 0 Å². The van der Waals surface area contributed by atoms with Gasteiger partial charge in [0.05, 0.1) is 12.6 Å². The lowest BCUT2D eigenvalue weighted by molar-refractivity contribution is -0.120. The van der Waals surface area contributed by atoms with Crippen LogP contribution < -0.4 is 5.32 Å². The van der Waals surface area contributed by atoms with E-state index in [4.69, 9.17) is 0 Å². The quantitative estimate of drug-likeness (QED) is 0.614. The monoisotopic (exact) mass is 243 g/mol. The molecule has 0 saturated heterocycles. The van der Waals surface area contributed by atoms with E-state index in [-0.39, 0.29) is 18.1 Å². The number of benzene rings is 1. The van der Waals surface area contributed by atoms with Crippen molar-refractivity contribution in [1.29, 1.82) is 0 Å². The zero-order chi connectivity index (χ0) is 12.8. The minimum absolute atomic E-state index is 0.137. The number of carbonyl (C=O) groups is 2. The van der Waals surface area contributed by atoms with Gasteiger partial charge in [0.15, 0.2) is 5.78 Å². The molecular formula is C13H13N3O2. The van der Waals surface area contributed by atoms with E-state index in [1.54, 1.807) is 36.7 Å². The Morgan fingerprint density at radius 3 is 2.67 bits per heavy atom. The molecule has 0 atom stereocenters. The first-order valence-corrected chi connectivity index (χ1v) is 5.58. The number of amides is 1. The molecule has 2 aromatic rings. The summed E-state index contributed by atoms with van der Waals surface area (Å²) < 4.78 is 0. The fourth-order valence-corrected chi connectivity index (χ4v) is 1.51. The minimum atomic E-state index is -0.287. The first-order valence-electron chi connectivity index (χ1n) is 5.58. The molecular weight excluding hydrogens is 230 g/mol. The Bertz CT molecular complexity index is 520. The summed E-state index contributed by atoms with van der Waals surface area (Å²) in [5.74, 6) is -0.467. The Hall–Kier alpha value is -2.43. The van der Waals surface area contributed by atoms with Crippen LogP contribution in [0, 0.1) is 0 Å². The molecule has 5 nitrogen and oxygen atoms in total. The highest BCUT2D eigenvalue weighted by atomic mass is 16.2. The number of hydrogen-bond acceptors (Lipinski definition) is 3. The number of aromatic amines is 1. The third-order valence-electron chi connectivity index (χ3n) is 2.46. The first kappa shape index (κ1) is 12.0. The molecule has 1 aromatic heterocycles. The van der Waals surface area contributed by atoms with Crippen LogP contribution in [0.4, 0.5) is 0 Å². The molecule has 0 bridgehead atoms. The van der Waals surface area contributed by atoms with E-state index in [1.165, 1.54) is 0 Å². The van der Waals surface area contributed by atoms with Crippen molar-refractivity contribution in [1.82, 2.24) is 15.5 Å². The van der Waals surface area contributed by atoms with Gasteiger partial charge in [0.2, 0.25) is 5.91 Å². The second kappa shape index (κ2) is 5.77. The van der Waals surface area contributed by atoms with Gasteiger partial charge in [0.1, 0.15) is 0 Å². The molecule has 0 radical (unpaired) electrons. The lowest BCUT2D eigenvalue weighted by Gasteiger charge is -2.03. The van der Waals surface area contributed by atoms with Gasteiger partial charge in [0, 0.05) is 23.9 Å². The highest BCUT2D eigenvalue weighted by molar-refractivity contribution is 6.07. The molecule has 1 amide bonds. The van der Waals surface area contributed by atoms with E-state index in [0.29, 0.717) is 12.1 Å². The molecule has 0 aliphatic heterocycles. The van der Waals surface area contributed by atoms with Crippen LogP contribution in [-0.2, 0) is 11.3 Å². The number of carbonyl (C=O) groups excluding carboxylic acids is 2. The lowest BCUT2D eigenvalue weighted by Crippen LogP contribution is -2.25. The minimum Gasteiger partial charge on any atom is -0.352 e. The Labute approximate surface area is 104 Å². The van der Waals surface area contributed by atoms with Crippen molar-refractivity contribution in [3.05, 3.63) is 53.9 Å². The lowest BCUT2D eigenvalue weighted by atomic mass is 10.1. The summed E-state index contributed by atoms with van der Waals surface area (Å²) in [6.45, 7) is 0.372. The highest BCUT2D eigenvalue weighted by Crippen LogP contribution is 2.03. The topological polar surface area (TPSA) is 74.8 Å². The Kier molecular flexibility index (Phi) is 3.86. The fraction of sp³-hybridized carbons (Fsp3) is 0.154. The number of nitrogens with zero attached hydrogens (tertiary/aromatic N) is 1. The summed E-state index contributed by atoms with van der Waals surface area (Å²) in [5, 5.41) is 9.08. The van der Waals surface area contributed by atoms with Crippen LogP contribution in [0.5, 0.6) is 0 Å². The van der Waals surface area contributed by atoms with Crippen molar-refractivity contribution >= 4 is 11.7 Å². The van der Waals surface area contributed by atoms with E-state index in [0.717, 1.165) is 5.56 Å². The predicted octanol–water partition coefficient (Wildman–Crippen LogP) is 1.30. The average molecular weight is 243 g/mol. The molecule has 0 unspecified atom stereocenters. The van der Waals surface area contributed by atoms with Gasteiger partial charge in [0.25, 0.3) is 0 Å².